The quantitative estimate of drug-likeness (QED) is 0.545. The Bertz CT molecular complexity index is 748. The second kappa shape index (κ2) is 9.21. The van der Waals surface area contributed by atoms with Gasteiger partial charge in [-0.15, -0.1) is 0 Å². The average molecular weight is 406 g/mol. The number of carboxylic acid groups (broad SMARTS) is 2. The third-order valence-corrected chi connectivity index (χ3v) is 5.32. The van der Waals surface area contributed by atoms with E-state index in [2.05, 4.69) is 4.90 Å². The number of piperazine rings is 1. The normalized spacial score (nSPS) is 21.8. The van der Waals surface area contributed by atoms with Gasteiger partial charge in [0.05, 0.1) is 13.0 Å². The van der Waals surface area contributed by atoms with Crippen LogP contribution >= 0.6 is 0 Å². The summed E-state index contributed by atoms with van der Waals surface area (Å²) in [6.45, 7) is 3.51. The molecule has 29 heavy (non-hydrogen) atoms. The van der Waals surface area contributed by atoms with Crippen molar-refractivity contribution in [1.29, 1.82) is 0 Å². The minimum Gasteiger partial charge on any atom is -0.481 e. The number of carbonyl (C=O) groups excluding carboxylic acids is 1. The molecule has 2 saturated heterocycles. The minimum absolute atomic E-state index is 0.280. The second-order valence-electron chi connectivity index (χ2n) is 7.28. The summed E-state index contributed by atoms with van der Waals surface area (Å²) in [5, 5.41) is 18.2. The Kier molecular flexibility index (Phi) is 6.68. The van der Waals surface area contributed by atoms with Gasteiger partial charge in [-0.1, -0.05) is 12.1 Å². The molecule has 0 radical (unpaired) electrons. The minimum atomic E-state index is -1.13. The van der Waals surface area contributed by atoms with Crippen LogP contribution in [0, 0.1) is 0 Å². The van der Waals surface area contributed by atoms with E-state index >= 15 is 0 Å². The van der Waals surface area contributed by atoms with Gasteiger partial charge < -0.3 is 20.7 Å². The number of ether oxygens (including phenoxy) is 1. The van der Waals surface area contributed by atoms with Crippen molar-refractivity contribution in [2.24, 2.45) is 5.73 Å². The van der Waals surface area contributed by atoms with E-state index in [1.54, 1.807) is 9.80 Å². The highest BCUT2D eigenvalue weighted by Gasteiger charge is 2.35. The first-order valence-corrected chi connectivity index (χ1v) is 9.55. The molecule has 10 nitrogen and oxygen atoms in total. The molecule has 2 fully saturated rings. The largest absolute Gasteiger partial charge is 0.481 e. The number of benzene rings is 1. The van der Waals surface area contributed by atoms with Crippen LogP contribution in [0.1, 0.15) is 12.0 Å². The van der Waals surface area contributed by atoms with Crippen LogP contribution in [0.5, 0.6) is 0 Å². The van der Waals surface area contributed by atoms with Gasteiger partial charge in [-0.05, 0) is 17.7 Å². The summed E-state index contributed by atoms with van der Waals surface area (Å²) in [6.07, 6.45) is -1.09. The van der Waals surface area contributed by atoms with Crippen molar-refractivity contribution in [3.8, 4) is 0 Å². The summed E-state index contributed by atoms with van der Waals surface area (Å²) in [4.78, 5) is 39.9. The Hall–Kier alpha value is -2.69. The van der Waals surface area contributed by atoms with Gasteiger partial charge in [0.1, 0.15) is 12.1 Å². The molecule has 0 aliphatic carbocycles. The molecule has 3 rings (SSSR count). The lowest BCUT2D eigenvalue weighted by Crippen LogP contribution is -2.54. The lowest BCUT2D eigenvalue weighted by molar-refractivity contribution is -0.150. The number of carbonyl (C=O) groups is 3. The van der Waals surface area contributed by atoms with E-state index in [1.807, 2.05) is 24.3 Å². The molecule has 0 bridgehead atoms. The zero-order valence-corrected chi connectivity index (χ0v) is 16.1. The second-order valence-corrected chi connectivity index (χ2v) is 7.28. The summed E-state index contributed by atoms with van der Waals surface area (Å²) < 4.78 is 5.49. The van der Waals surface area contributed by atoms with Crippen LogP contribution in [0.4, 0.5) is 10.5 Å². The van der Waals surface area contributed by atoms with Crippen LogP contribution in [0.25, 0.3) is 0 Å². The van der Waals surface area contributed by atoms with Crippen LogP contribution in [-0.4, -0.2) is 89.5 Å². The van der Waals surface area contributed by atoms with Crippen LogP contribution < -0.4 is 10.6 Å². The highest BCUT2D eigenvalue weighted by molar-refractivity contribution is 5.89. The third kappa shape index (κ3) is 5.22. The molecule has 0 saturated carbocycles. The average Bonchev–Trinajstić information content (AvgIpc) is 3.06. The number of cyclic esters (lactones) is 1. The van der Waals surface area contributed by atoms with Gasteiger partial charge in [0, 0.05) is 45.0 Å². The Morgan fingerprint density at radius 2 is 1.79 bits per heavy atom. The van der Waals surface area contributed by atoms with E-state index in [1.165, 1.54) is 0 Å². The molecule has 4 N–H and O–H groups in total. The van der Waals surface area contributed by atoms with Crippen molar-refractivity contribution < 1.29 is 29.3 Å². The molecule has 158 valence electrons. The van der Waals surface area contributed by atoms with Crippen LogP contribution in [-0.2, 0) is 20.9 Å². The number of amides is 1. The molecular formula is C19H26N4O6. The Balaban J connectivity index is 1.51. The summed E-state index contributed by atoms with van der Waals surface area (Å²) in [5.74, 6) is -2.25. The van der Waals surface area contributed by atoms with Crippen LogP contribution in [0.2, 0.25) is 0 Å². The fourth-order valence-corrected chi connectivity index (χ4v) is 3.72. The van der Waals surface area contributed by atoms with Gasteiger partial charge in [0.2, 0.25) is 0 Å². The van der Waals surface area contributed by atoms with Crippen molar-refractivity contribution in [2.75, 3.05) is 44.2 Å². The topological polar surface area (TPSA) is 137 Å². The Morgan fingerprint density at radius 3 is 2.34 bits per heavy atom. The summed E-state index contributed by atoms with van der Waals surface area (Å²) in [7, 11) is 0. The zero-order chi connectivity index (χ0) is 21.0. The summed E-state index contributed by atoms with van der Waals surface area (Å²) >= 11 is 0. The van der Waals surface area contributed by atoms with Gasteiger partial charge >= 0.3 is 18.0 Å². The maximum Gasteiger partial charge on any atom is 0.414 e. The van der Waals surface area contributed by atoms with Crippen LogP contribution in [0.3, 0.4) is 0 Å². The lowest BCUT2D eigenvalue weighted by atomic mass is 10.1. The van der Waals surface area contributed by atoms with Gasteiger partial charge in [-0.3, -0.25) is 24.3 Å². The maximum atomic E-state index is 12.2. The third-order valence-electron chi connectivity index (χ3n) is 5.32. The molecule has 0 aromatic heterocycles. The number of hydrogen-bond acceptors (Lipinski definition) is 7. The summed E-state index contributed by atoms with van der Waals surface area (Å²) in [6, 6.07) is 6.43. The Morgan fingerprint density at radius 1 is 1.14 bits per heavy atom. The predicted octanol–water partition coefficient (Wildman–Crippen LogP) is 0.0160. The SMILES string of the molecule is NCc1ccc(N2CC(CN3CCN(C(CC(=O)O)C(=O)O)CC3)OC2=O)cc1. The van der Waals surface area contributed by atoms with Crippen molar-refractivity contribution in [3.63, 3.8) is 0 Å². The number of carboxylic acids is 2. The molecule has 2 aliphatic rings. The number of anilines is 1. The highest BCUT2D eigenvalue weighted by atomic mass is 16.6. The molecule has 1 aromatic rings. The lowest BCUT2D eigenvalue weighted by Gasteiger charge is -2.37. The van der Waals surface area contributed by atoms with Crippen molar-refractivity contribution in [2.45, 2.75) is 25.1 Å². The molecule has 2 unspecified atom stereocenters. The number of nitrogens with zero attached hydrogens (tertiary/aromatic N) is 3. The van der Waals surface area contributed by atoms with Crippen molar-refractivity contribution in [3.05, 3.63) is 29.8 Å². The summed E-state index contributed by atoms with van der Waals surface area (Å²) in [5.41, 5.74) is 7.35. The molecule has 1 amide bonds. The van der Waals surface area contributed by atoms with Gasteiger partial charge in [0.15, 0.2) is 0 Å². The fourth-order valence-electron chi connectivity index (χ4n) is 3.72. The molecule has 1 aromatic carbocycles. The van der Waals surface area contributed by atoms with E-state index in [-0.39, 0.29) is 12.2 Å². The first-order valence-electron chi connectivity index (χ1n) is 9.55. The Labute approximate surface area is 168 Å². The molecule has 2 atom stereocenters. The highest BCUT2D eigenvalue weighted by Crippen LogP contribution is 2.23. The fraction of sp³-hybridized carbons (Fsp3) is 0.526. The molecule has 2 heterocycles. The van der Waals surface area contributed by atoms with E-state index in [4.69, 9.17) is 15.6 Å². The monoisotopic (exact) mass is 406 g/mol. The van der Waals surface area contributed by atoms with E-state index < -0.39 is 24.4 Å². The molecule has 2 aliphatic heterocycles. The van der Waals surface area contributed by atoms with E-state index in [0.717, 1.165) is 11.3 Å². The van der Waals surface area contributed by atoms with Crippen LogP contribution in [0.15, 0.2) is 24.3 Å². The smallest absolute Gasteiger partial charge is 0.414 e. The van der Waals surface area contributed by atoms with Gasteiger partial charge in [-0.2, -0.15) is 0 Å². The molecule has 10 heteroatoms. The number of aliphatic carboxylic acids is 2. The van der Waals surface area contributed by atoms with Crippen molar-refractivity contribution in [1.82, 2.24) is 9.80 Å². The zero-order valence-electron chi connectivity index (χ0n) is 16.1. The number of hydrogen-bond donors (Lipinski definition) is 3. The first-order chi connectivity index (χ1) is 13.9. The van der Waals surface area contributed by atoms with Gasteiger partial charge in [0.25, 0.3) is 0 Å². The standard InChI is InChI=1S/C19H26N4O6/c20-10-13-1-3-14(4-2-13)23-12-15(29-19(23)28)11-21-5-7-22(8-6-21)16(18(26)27)9-17(24)25/h1-4,15-16H,5-12,20H2,(H,24,25)(H,26,27). The number of nitrogens with two attached hydrogens (primary N) is 1. The first kappa shape index (κ1) is 21.0. The molecular weight excluding hydrogens is 380 g/mol. The van der Waals surface area contributed by atoms with E-state index in [9.17, 15) is 19.5 Å². The number of rotatable bonds is 8. The predicted molar refractivity (Wildman–Crippen MR) is 104 cm³/mol. The van der Waals surface area contributed by atoms with E-state index in [0.29, 0.717) is 45.8 Å². The van der Waals surface area contributed by atoms with Crippen molar-refractivity contribution >= 4 is 23.7 Å². The van der Waals surface area contributed by atoms with Gasteiger partial charge in [-0.25, -0.2) is 4.79 Å². The molecule has 0 spiro atoms. The maximum absolute atomic E-state index is 12.2.